The Kier molecular flexibility index (Phi) is 4.13. The van der Waals surface area contributed by atoms with Crippen LogP contribution in [-0.2, 0) is 13.2 Å². The zero-order valence-corrected chi connectivity index (χ0v) is 13.9. The lowest BCUT2D eigenvalue weighted by molar-refractivity contribution is 0.267. The van der Waals surface area contributed by atoms with Gasteiger partial charge in [-0.25, -0.2) is 4.98 Å². The van der Waals surface area contributed by atoms with Crippen molar-refractivity contribution < 1.29 is 5.11 Å². The Bertz CT molecular complexity index is 855. The molecule has 0 saturated carbocycles. The van der Waals surface area contributed by atoms with Crippen LogP contribution in [0.3, 0.4) is 0 Å². The van der Waals surface area contributed by atoms with Gasteiger partial charge in [-0.2, -0.15) is 0 Å². The van der Waals surface area contributed by atoms with Crippen molar-refractivity contribution in [3.8, 4) is 0 Å². The van der Waals surface area contributed by atoms with Gasteiger partial charge in [-0.15, -0.1) is 0 Å². The number of aryl methyl sites for hydroxylation is 2. The Morgan fingerprint density at radius 2 is 1.77 bits per heavy atom. The van der Waals surface area contributed by atoms with E-state index in [0.717, 1.165) is 16.6 Å². The number of aliphatic hydroxyl groups is 1. The number of hydrogen-bond acceptors (Lipinski definition) is 2. The highest BCUT2D eigenvalue weighted by atomic mass is 35.5. The number of fused-ring (bicyclic) bond motifs is 1. The highest BCUT2D eigenvalue weighted by Crippen LogP contribution is 2.25. The summed E-state index contributed by atoms with van der Waals surface area (Å²) >= 11 is 12.0. The number of aromatic nitrogens is 2. The lowest BCUT2D eigenvalue weighted by atomic mass is 10.1. The van der Waals surface area contributed by atoms with Gasteiger partial charge in [0.05, 0.1) is 21.1 Å². The van der Waals surface area contributed by atoms with Gasteiger partial charge in [0.25, 0.3) is 0 Å². The third-order valence-corrected chi connectivity index (χ3v) is 4.65. The molecular weight excluding hydrogens is 319 g/mol. The van der Waals surface area contributed by atoms with Crippen LogP contribution in [0.5, 0.6) is 0 Å². The Hall–Kier alpha value is -1.55. The molecule has 1 aromatic heterocycles. The van der Waals surface area contributed by atoms with Gasteiger partial charge >= 0.3 is 0 Å². The van der Waals surface area contributed by atoms with E-state index in [1.165, 1.54) is 11.1 Å². The molecule has 0 atom stereocenters. The van der Waals surface area contributed by atoms with E-state index < -0.39 is 0 Å². The minimum atomic E-state index is -0.103. The van der Waals surface area contributed by atoms with Gasteiger partial charge in [0.2, 0.25) is 0 Å². The van der Waals surface area contributed by atoms with E-state index >= 15 is 0 Å². The molecule has 1 heterocycles. The standard InChI is InChI=1S/C17H16Cl2N2O/c1-10-5-15-16(6-11(10)2)21(17(9-22)20-15)8-12-3-4-13(18)14(19)7-12/h3-7,22H,8-9H2,1-2H3. The highest BCUT2D eigenvalue weighted by Gasteiger charge is 2.12. The van der Waals surface area contributed by atoms with Crippen LogP contribution in [0.15, 0.2) is 30.3 Å². The summed E-state index contributed by atoms with van der Waals surface area (Å²) in [6.45, 7) is 4.62. The Labute approximate surface area is 139 Å². The van der Waals surface area contributed by atoms with E-state index in [0.29, 0.717) is 22.4 Å². The zero-order valence-electron chi connectivity index (χ0n) is 12.4. The average molecular weight is 335 g/mol. The van der Waals surface area contributed by atoms with Crippen LogP contribution in [0, 0.1) is 13.8 Å². The Morgan fingerprint density at radius 1 is 1.05 bits per heavy atom. The first kappa shape index (κ1) is 15.3. The number of imidazole rings is 1. The van der Waals surface area contributed by atoms with E-state index in [4.69, 9.17) is 23.2 Å². The summed E-state index contributed by atoms with van der Waals surface area (Å²) < 4.78 is 2.02. The third kappa shape index (κ3) is 2.72. The second-order valence-corrected chi connectivity index (χ2v) is 6.26. The highest BCUT2D eigenvalue weighted by molar-refractivity contribution is 6.42. The minimum Gasteiger partial charge on any atom is -0.388 e. The maximum absolute atomic E-state index is 9.60. The maximum atomic E-state index is 9.60. The summed E-state index contributed by atoms with van der Waals surface area (Å²) in [5, 5.41) is 10.7. The van der Waals surface area contributed by atoms with Crippen molar-refractivity contribution in [1.29, 1.82) is 0 Å². The lowest BCUT2D eigenvalue weighted by Crippen LogP contribution is -2.05. The van der Waals surface area contributed by atoms with Gasteiger partial charge in [-0.05, 0) is 54.8 Å². The first-order valence-corrected chi connectivity index (χ1v) is 7.76. The van der Waals surface area contributed by atoms with Crippen molar-refractivity contribution in [3.63, 3.8) is 0 Å². The molecule has 3 rings (SSSR count). The van der Waals surface area contributed by atoms with Crippen LogP contribution in [0.1, 0.15) is 22.5 Å². The number of halogens is 2. The van der Waals surface area contributed by atoms with E-state index in [1.54, 1.807) is 6.07 Å². The number of aliphatic hydroxyl groups excluding tert-OH is 1. The van der Waals surface area contributed by atoms with Gasteiger partial charge in [0.1, 0.15) is 12.4 Å². The van der Waals surface area contributed by atoms with Crippen molar-refractivity contribution in [2.45, 2.75) is 27.0 Å². The first-order chi connectivity index (χ1) is 10.5. The number of rotatable bonds is 3. The van der Waals surface area contributed by atoms with Crippen LogP contribution >= 0.6 is 23.2 Å². The van der Waals surface area contributed by atoms with Crippen LogP contribution < -0.4 is 0 Å². The molecule has 3 aromatic rings. The molecule has 0 spiro atoms. The van der Waals surface area contributed by atoms with Gasteiger partial charge < -0.3 is 9.67 Å². The predicted molar refractivity (Wildman–Crippen MR) is 90.7 cm³/mol. The van der Waals surface area contributed by atoms with E-state index in [9.17, 15) is 5.11 Å². The summed E-state index contributed by atoms with van der Waals surface area (Å²) in [5.74, 6) is 0.645. The summed E-state index contributed by atoms with van der Waals surface area (Å²) in [5.41, 5.74) is 5.32. The van der Waals surface area contributed by atoms with Crippen LogP contribution in [0.2, 0.25) is 10.0 Å². The van der Waals surface area contributed by atoms with Crippen molar-refractivity contribution >= 4 is 34.2 Å². The molecule has 0 aliphatic heterocycles. The summed E-state index contributed by atoms with van der Waals surface area (Å²) in [4.78, 5) is 4.52. The van der Waals surface area contributed by atoms with Crippen molar-refractivity contribution in [2.75, 3.05) is 0 Å². The topological polar surface area (TPSA) is 38.1 Å². The molecule has 0 aliphatic rings. The fraction of sp³-hybridized carbons (Fsp3) is 0.235. The molecule has 5 heteroatoms. The van der Waals surface area contributed by atoms with Gasteiger partial charge in [-0.1, -0.05) is 29.3 Å². The molecule has 0 unspecified atom stereocenters. The molecule has 114 valence electrons. The van der Waals surface area contributed by atoms with E-state index in [-0.39, 0.29) is 6.61 Å². The Morgan fingerprint density at radius 3 is 2.45 bits per heavy atom. The lowest BCUT2D eigenvalue weighted by Gasteiger charge is -2.10. The minimum absolute atomic E-state index is 0.103. The Balaban J connectivity index is 2.12. The second kappa shape index (κ2) is 5.92. The SMILES string of the molecule is Cc1cc2nc(CO)n(Cc3ccc(Cl)c(Cl)c3)c2cc1C. The third-order valence-electron chi connectivity index (χ3n) is 3.91. The molecule has 1 N–H and O–H groups in total. The monoisotopic (exact) mass is 334 g/mol. The summed E-state index contributed by atoms with van der Waals surface area (Å²) in [7, 11) is 0. The molecule has 2 aromatic carbocycles. The molecule has 0 amide bonds. The average Bonchev–Trinajstić information content (AvgIpc) is 2.81. The molecule has 0 radical (unpaired) electrons. The molecule has 0 fully saturated rings. The van der Waals surface area contributed by atoms with E-state index in [1.807, 2.05) is 16.7 Å². The smallest absolute Gasteiger partial charge is 0.136 e. The predicted octanol–water partition coefficient (Wildman–Crippen LogP) is 4.50. The molecule has 0 saturated heterocycles. The maximum Gasteiger partial charge on any atom is 0.136 e. The fourth-order valence-electron chi connectivity index (χ4n) is 2.55. The van der Waals surface area contributed by atoms with Gasteiger partial charge in [0, 0.05) is 6.54 Å². The summed E-state index contributed by atoms with van der Waals surface area (Å²) in [6, 6.07) is 9.72. The van der Waals surface area contributed by atoms with Crippen molar-refractivity contribution in [2.24, 2.45) is 0 Å². The van der Waals surface area contributed by atoms with Crippen LogP contribution in [-0.4, -0.2) is 14.7 Å². The number of nitrogens with zero attached hydrogens (tertiary/aromatic N) is 2. The molecule has 22 heavy (non-hydrogen) atoms. The van der Waals surface area contributed by atoms with Crippen molar-refractivity contribution in [1.82, 2.24) is 9.55 Å². The first-order valence-electron chi connectivity index (χ1n) is 7.00. The molecule has 0 aliphatic carbocycles. The molecule has 0 bridgehead atoms. The van der Waals surface area contributed by atoms with Gasteiger partial charge in [-0.3, -0.25) is 0 Å². The number of benzene rings is 2. The zero-order chi connectivity index (χ0) is 15.9. The van der Waals surface area contributed by atoms with Gasteiger partial charge in [0.15, 0.2) is 0 Å². The number of hydrogen-bond donors (Lipinski definition) is 1. The normalized spacial score (nSPS) is 11.3. The second-order valence-electron chi connectivity index (χ2n) is 5.45. The van der Waals surface area contributed by atoms with Crippen molar-refractivity contribution in [3.05, 3.63) is 62.9 Å². The van der Waals surface area contributed by atoms with E-state index in [2.05, 4.69) is 31.0 Å². The molecular formula is C17H16Cl2N2O. The summed E-state index contributed by atoms with van der Waals surface area (Å²) in [6.07, 6.45) is 0. The fourth-order valence-corrected chi connectivity index (χ4v) is 2.87. The largest absolute Gasteiger partial charge is 0.388 e. The quantitative estimate of drug-likeness (QED) is 0.765. The molecule has 3 nitrogen and oxygen atoms in total. The van der Waals surface area contributed by atoms with Crippen LogP contribution in [0.4, 0.5) is 0 Å². The van der Waals surface area contributed by atoms with Crippen LogP contribution in [0.25, 0.3) is 11.0 Å².